The summed E-state index contributed by atoms with van der Waals surface area (Å²) in [7, 11) is 4.09. The molecule has 0 bridgehead atoms. The second-order valence-corrected chi connectivity index (χ2v) is 11.2. The van der Waals surface area contributed by atoms with Crippen LogP contribution in [0.25, 0.3) is 11.3 Å². The van der Waals surface area contributed by atoms with Crippen LogP contribution in [0.1, 0.15) is 37.5 Å². The summed E-state index contributed by atoms with van der Waals surface area (Å²) in [6.07, 6.45) is 5.28. The highest BCUT2D eigenvalue weighted by Gasteiger charge is 2.13. The number of aryl methyl sites for hydroxylation is 2. The Morgan fingerprint density at radius 2 is 1.56 bits per heavy atom. The van der Waals surface area contributed by atoms with Gasteiger partial charge in [0.25, 0.3) is 0 Å². The molecule has 7 nitrogen and oxygen atoms in total. The molecule has 0 amide bonds. The maximum absolute atomic E-state index is 4.55. The van der Waals surface area contributed by atoms with Crippen LogP contribution in [0.5, 0.6) is 0 Å². The maximum Gasteiger partial charge on any atom is 0.227 e. The van der Waals surface area contributed by atoms with Gasteiger partial charge in [0, 0.05) is 75.3 Å². The van der Waals surface area contributed by atoms with E-state index in [0.29, 0.717) is 5.95 Å². The van der Waals surface area contributed by atoms with Gasteiger partial charge < -0.3 is 15.5 Å². The Labute approximate surface area is 260 Å². The smallest absolute Gasteiger partial charge is 0.227 e. The van der Waals surface area contributed by atoms with Crippen LogP contribution in [-0.2, 0) is 6.54 Å². The topological polar surface area (TPSA) is 69.2 Å². The fourth-order valence-electron chi connectivity index (χ4n) is 4.08. The van der Waals surface area contributed by atoms with Crippen molar-refractivity contribution < 1.29 is 0 Å². The first-order chi connectivity index (χ1) is 20.7. The predicted molar refractivity (Wildman–Crippen MR) is 185 cm³/mol. The largest absolute Gasteiger partial charge is 0.388 e. The summed E-state index contributed by atoms with van der Waals surface area (Å²) in [5.41, 5.74) is 7.74. The predicted octanol–water partition coefficient (Wildman–Crippen LogP) is 7.84. The fraction of sp³-hybridized carbons (Fsp3) is 0.361. The zero-order chi connectivity index (χ0) is 31.6. The zero-order valence-electron chi connectivity index (χ0n) is 27.3. The minimum atomic E-state index is 0.567. The van der Waals surface area contributed by atoms with Gasteiger partial charge in [0.2, 0.25) is 5.95 Å². The lowest BCUT2D eigenvalue weighted by Crippen LogP contribution is -2.43. The molecule has 3 heterocycles. The second-order valence-electron chi connectivity index (χ2n) is 11.2. The fourth-order valence-corrected chi connectivity index (χ4v) is 4.08. The number of anilines is 3. The third kappa shape index (κ3) is 13.2. The van der Waals surface area contributed by atoms with Crippen LogP contribution in [-0.4, -0.2) is 65.0 Å². The first kappa shape index (κ1) is 35.1. The van der Waals surface area contributed by atoms with E-state index in [1.165, 1.54) is 37.3 Å². The van der Waals surface area contributed by atoms with Crippen molar-refractivity contribution in [2.24, 2.45) is 5.92 Å². The normalized spacial score (nSPS) is 12.9. The average Bonchev–Trinajstić information content (AvgIpc) is 3.02. The van der Waals surface area contributed by atoms with Crippen molar-refractivity contribution in [2.45, 2.75) is 41.2 Å². The van der Waals surface area contributed by atoms with Crippen molar-refractivity contribution in [3.05, 3.63) is 109 Å². The number of rotatable bonds is 6. The van der Waals surface area contributed by atoms with Gasteiger partial charge in [0.1, 0.15) is 0 Å². The molecule has 1 aliphatic heterocycles. The monoisotopic (exact) mass is 581 g/mol. The lowest BCUT2D eigenvalue weighted by atomic mass is 10.1. The molecule has 43 heavy (non-hydrogen) atoms. The van der Waals surface area contributed by atoms with E-state index >= 15 is 0 Å². The van der Waals surface area contributed by atoms with Crippen LogP contribution in [0, 0.1) is 19.8 Å². The van der Waals surface area contributed by atoms with Gasteiger partial charge in [-0.1, -0.05) is 56.7 Å². The van der Waals surface area contributed by atoms with Gasteiger partial charge >= 0.3 is 0 Å². The molecule has 0 radical (unpaired) electrons. The van der Waals surface area contributed by atoms with Crippen molar-refractivity contribution >= 4 is 17.3 Å². The Balaban J connectivity index is 0.000000266. The SMILES string of the molecule is C=C.CC(C)C.CNc1ccc(C)c(Nc2nccc(-c3cccnc3)n2)c1.Cc1ccc(CN2CCN(C)CC2)cc1. The molecule has 0 saturated carbocycles. The Morgan fingerprint density at radius 3 is 2.16 bits per heavy atom. The van der Waals surface area contributed by atoms with Crippen molar-refractivity contribution in [3.8, 4) is 11.3 Å². The number of pyridine rings is 1. The summed E-state index contributed by atoms with van der Waals surface area (Å²) >= 11 is 0. The standard InChI is InChI=1S/C17H17N5.C13H20N2.C4H10.C2H4/c1-12-5-6-14(18-2)10-16(12)22-17-20-9-7-15(21-17)13-4-3-8-19-11-13;1-12-3-5-13(6-4-12)11-15-9-7-14(2)8-10-15;1-4(2)3;1-2/h3-11,18H,1-2H3,(H,20,21,22);3-6H,7-11H2,1-2H3;4H,1-3H3;1-2H2. The van der Waals surface area contributed by atoms with E-state index in [0.717, 1.165) is 40.7 Å². The first-order valence-corrected chi connectivity index (χ1v) is 15.0. The zero-order valence-corrected chi connectivity index (χ0v) is 27.3. The number of aromatic nitrogens is 3. The maximum atomic E-state index is 4.55. The third-order valence-electron chi connectivity index (χ3n) is 6.51. The van der Waals surface area contributed by atoms with E-state index in [-0.39, 0.29) is 0 Å². The Bertz CT molecular complexity index is 1310. The minimum Gasteiger partial charge on any atom is -0.388 e. The van der Waals surface area contributed by atoms with Crippen LogP contribution in [0.4, 0.5) is 17.3 Å². The third-order valence-corrected chi connectivity index (χ3v) is 6.51. The van der Waals surface area contributed by atoms with Crippen LogP contribution in [0.15, 0.2) is 92.4 Å². The highest BCUT2D eigenvalue weighted by molar-refractivity contribution is 5.66. The van der Waals surface area contributed by atoms with Gasteiger partial charge in [-0.05, 0) is 68.3 Å². The molecule has 5 rings (SSSR count). The van der Waals surface area contributed by atoms with Crippen molar-refractivity contribution in [3.63, 3.8) is 0 Å². The molecular formula is C36H51N7. The van der Waals surface area contributed by atoms with Gasteiger partial charge in [-0.2, -0.15) is 0 Å². The Hall–Kier alpha value is -4.07. The summed E-state index contributed by atoms with van der Waals surface area (Å²) in [6.45, 7) is 22.6. The number of nitrogens with zero attached hydrogens (tertiary/aromatic N) is 5. The van der Waals surface area contributed by atoms with Gasteiger partial charge in [-0.3, -0.25) is 9.88 Å². The van der Waals surface area contributed by atoms with Crippen molar-refractivity contribution in [1.82, 2.24) is 24.8 Å². The summed E-state index contributed by atoms with van der Waals surface area (Å²) in [6, 6.07) is 20.8. The Kier molecular flexibility index (Phi) is 15.7. The Morgan fingerprint density at radius 1 is 0.884 bits per heavy atom. The molecule has 7 heteroatoms. The lowest BCUT2D eigenvalue weighted by Gasteiger charge is -2.32. The average molecular weight is 582 g/mol. The van der Waals surface area contributed by atoms with E-state index < -0.39 is 0 Å². The summed E-state index contributed by atoms with van der Waals surface area (Å²) in [5, 5.41) is 6.40. The molecule has 2 N–H and O–H groups in total. The molecule has 230 valence electrons. The molecule has 2 aromatic carbocycles. The van der Waals surface area contributed by atoms with Gasteiger partial charge in [0.15, 0.2) is 0 Å². The van der Waals surface area contributed by atoms with E-state index in [4.69, 9.17) is 0 Å². The molecular weight excluding hydrogens is 530 g/mol. The highest BCUT2D eigenvalue weighted by atomic mass is 15.2. The van der Waals surface area contributed by atoms with Gasteiger partial charge in [0.05, 0.1) is 5.69 Å². The van der Waals surface area contributed by atoms with Gasteiger partial charge in [-0.15, -0.1) is 13.2 Å². The lowest BCUT2D eigenvalue weighted by molar-refractivity contribution is 0.148. The van der Waals surface area contributed by atoms with E-state index in [9.17, 15) is 0 Å². The number of nitrogens with one attached hydrogen (secondary N) is 2. The molecule has 1 aliphatic rings. The first-order valence-electron chi connectivity index (χ1n) is 15.0. The second kappa shape index (κ2) is 19.2. The molecule has 0 unspecified atom stereocenters. The summed E-state index contributed by atoms with van der Waals surface area (Å²) in [5.74, 6) is 1.40. The van der Waals surface area contributed by atoms with Crippen molar-refractivity contribution in [1.29, 1.82) is 0 Å². The molecule has 0 aliphatic carbocycles. The van der Waals surface area contributed by atoms with E-state index in [2.05, 4.69) is 114 Å². The number of likely N-dealkylation sites (N-methyl/N-ethyl adjacent to an activating group) is 1. The molecule has 1 fully saturated rings. The van der Waals surface area contributed by atoms with Crippen molar-refractivity contribution in [2.75, 3.05) is 50.9 Å². The number of benzene rings is 2. The number of hydrogen-bond donors (Lipinski definition) is 2. The van der Waals surface area contributed by atoms with Crippen LogP contribution >= 0.6 is 0 Å². The minimum absolute atomic E-state index is 0.567. The molecule has 2 aromatic heterocycles. The molecule has 1 saturated heterocycles. The molecule has 0 spiro atoms. The summed E-state index contributed by atoms with van der Waals surface area (Å²) < 4.78 is 0. The van der Waals surface area contributed by atoms with E-state index in [1.54, 1.807) is 18.6 Å². The van der Waals surface area contributed by atoms with Crippen LogP contribution in [0.2, 0.25) is 0 Å². The van der Waals surface area contributed by atoms with Gasteiger partial charge in [-0.25, -0.2) is 9.97 Å². The van der Waals surface area contributed by atoms with E-state index in [1.807, 2.05) is 44.3 Å². The van der Waals surface area contributed by atoms with Crippen LogP contribution < -0.4 is 10.6 Å². The number of piperazine rings is 1. The van der Waals surface area contributed by atoms with Crippen LogP contribution in [0.3, 0.4) is 0 Å². The summed E-state index contributed by atoms with van der Waals surface area (Å²) in [4.78, 5) is 17.9. The molecule has 0 atom stereocenters. The highest BCUT2D eigenvalue weighted by Crippen LogP contribution is 2.24. The molecule has 4 aromatic rings. The number of hydrogen-bond acceptors (Lipinski definition) is 7. The quantitative estimate of drug-likeness (QED) is 0.225.